The average molecular weight is 247 g/mol. The molecule has 0 radical (unpaired) electrons. The molecule has 0 unspecified atom stereocenters. The van der Waals surface area contributed by atoms with Crippen molar-refractivity contribution in [1.82, 2.24) is 5.32 Å². The van der Waals surface area contributed by atoms with Crippen LogP contribution in [-0.4, -0.2) is 11.8 Å². The molecule has 1 aliphatic heterocycles. The van der Waals surface area contributed by atoms with E-state index in [0.717, 1.165) is 32.1 Å². The third-order valence-corrected chi connectivity index (χ3v) is 3.90. The van der Waals surface area contributed by atoms with E-state index in [-0.39, 0.29) is 17.3 Å². The van der Waals surface area contributed by atoms with Crippen molar-refractivity contribution in [2.45, 2.75) is 38.0 Å². The molecule has 1 heterocycles. The highest BCUT2D eigenvalue weighted by atomic mass is 19.1. The van der Waals surface area contributed by atoms with Gasteiger partial charge in [0.25, 0.3) is 11.8 Å². The second-order valence-electron chi connectivity index (χ2n) is 5.00. The number of halogens is 1. The number of carbonyl (C=O) groups excluding carboxylic acids is 2. The monoisotopic (exact) mass is 247 g/mol. The van der Waals surface area contributed by atoms with Crippen molar-refractivity contribution in [2.24, 2.45) is 0 Å². The van der Waals surface area contributed by atoms with Crippen molar-refractivity contribution < 1.29 is 14.0 Å². The Morgan fingerprint density at radius 1 is 1.06 bits per heavy atom. The molecule has 0 atom stereocenters. The van der Waals surface area contributed by atoms with Gasteiger partial charge in [0.2, 0.25) is 0 Å². The fourth-order valence-electron chi connectivity index (χ4n) is 3.05. The van der Waals surface area contributed by atoms with Crippen molar-refractivity contribution in [1.29, 1.82) is 0 Å². The maximum absolute atomic E-state index is 14.0. The zero-order chi connectivity index (χ0) is 12.7. The molecule has 4 heteroatoms. The molecule has 0 aromatic heterocycles. The summed E-state index contributed by atoms with van der Waals surface area (Å²) in [5, 5.41) is 2.24. The molecule has 18 heavy (non-hydrogen) atoms. The van der Waals surface area contributed by atoms with Crippen LogP contribution in [0.4, 0.5) is 4.39 Å². The molecule has 1 aromatic carbocycles. The second kappa shape index (κ2) is 4.19. The predicted octanol–water partition coefficient (Wildman–Crippen LogP) is 2.76. The van der Waals surface area contributed by atoms with E-state index in [1.165, 1.54) is 12.1 Å². The maximum Gasteiger partial charge on any atom is 0.259 e. The van der Waals surface area contributed by atoms with Crippen molar-refractivity contribution in [3.63, 3.8) is 0 Å². The first-order chi connectivity index (χ1) is 8.68. The number of imide groups is 1. The van der Waals surface area contributed by atoms with Crippen molar-refractivity contribution in [3.8, 4) is 0 Å². The molecule has 2 amide bonds. The van der Waals surface area contributed by atoms with Gasteiger partial charge >= 0.3 is 0 Å². The highest BCUT2D eigenvalue weighted by Crippen LogP contribution is 2.37. The van der Waals surface area contributed by atoms with Crippen LogP contribution in [0.15, 0.2) is 12.1 Å². The minimum atomic E-state index is -0.449. The predicted molar refractivity (Wildman–Crippen MR) is 64.0 cm³/mol. The second-order valence-corrected chi connectivity index (χ2v) is 5.00. The summed E-state index contributed by atoms with van der Waals surface area (Å²) in [5.41, 5.74) is 1.05. The summed E-state index contributed by atoms with van der Waals surface area (Å²) in [5.74, 6) is -1.14. The van der Waals surface area contributed by atoms with Crippen LogP contribution < -0.4 is 5.32 Å². The molecule has 94 valence electrons. The summed E-state index contributed by atoms with van der Waals surface area (Å²) in [6, 6.07) is 2.71. The minimum absolute atomic E-state index is 0.0744. The molecule has 0 spiro atoms. The number of benzene rings is 1. The fraction of sp³-hybridized carbons (Fsp3) is 0.429. The Labute approximate surface area is 104 Å². The highest BCUT2D eigenvalue weighted by molar-refractivity contribution is 6.22. The SMILES string of the molecule is O=C1NC(=O)c2c1ccc(F)c2C1CCCCC1. The first kappa shape index (κ1) is 11.4. The first-order valence-electron chi connectivity index (χ1n) is 6.36. The topological polar surface area (TPSA) is 46.2 Å². The zero-order valence-corrected chi connectivity index (χ0v) is 9.96. The number of carbonyl (C=O) groups is 2. The highest BCUT2D eigenvalue weighted by Gasteiger charge is 2.34. The summed E-state index contributed by atoms with van der Waals surface area (Å²) < 4.78 is 14.0. The van der Waals surface area contributed by atoms with Crippen molar-refractivity contribution in [2.75, 3.05) is 0 Å². The fourth-order valence-corrected chi connectivity index (χ4v) is 3.05. The Morgan fingerprint density at radius 3 is 2.50 bits per heavy atom. The molecule has 1 fully saturated rings. The van der Waals surface area contributed by atoms with Crippen molar-refractivity contribution >= 4 is 11.8 Å². The standard InChI is InChI=1S/C14H14FNO2/c15-10-7-6-9-12(14(18)16-13(9)17)11(10)8-4-2-1-3-5-8/h6-8H,1-5H2,(H,16,17,18). The first-order valence-corrected chi connectivity index (χ1v) is 6.36. The van der Waals surface area contributed by atoms with Gasteiger partial charge in [-0.15, -0.1) is 0 Å². The van der Waals surface area contributed by atoms with E-state index in [1.807, 2.05) is 0 Å². The van der Waals surface area contributed by atoms with Gasteiger partial charge in [-0.2, -0.15) is 0 Å². The smallest absolute Gasteiger partial charge is 0.259 e. The molecule has 3 rings (SSSR count). The van der Waals surface area contributed by atoms with Gasteiger partial charge < -0.3 is 0 Å². The van der Waals surface area contributed by atoms with E-state index in [1.54, 1.807) is 0 Å². The van der Waals surface area contributed by atoms with Gasteiger partial charge in [0, 0.05) is 5.56 Å². The van der Waals surface area contributed by atoms with Crippen LogP contribution in [0.3, 0.4) is 0 Å². The minimum Gasteiger partial charge on any atom is -0.288 e. The lowest BCUT2D eigenvalue weighted by Crippen LogP contribution is -2.21. The number of nitrogens with one attached hydrogen (secondary N) is 1. The zero-order valence-electron chi connectivity index (χ0n) is 9.96. The Hall–Kier alpha value is -1.71. The van der Waals surface area contributed by atoms with Crippen LogP contribution in [0.25, 0.3) is 0 Å². The summed E-state index contributed by atoms with van der Waals surface area (Å²) in [6.45, 7) is 0. The van der Waals surface area contributed by atoms with Gasteiger partial charge in [0.15, 0.2) is 0 Å². The van der Waals surface area contributed by atoms with Gasteiger partial charge in [0.05, 0.1) is 11.1 Å². The summed E-state index contributed by atoms with van der Waals surface area (Å²) in [7, 11) is 0. The average Bonchev–Trinajstić information content (AvgIpc) is 2.66. The molecular formula is C14H14FNO2. The summed E-state index contributed by atoms with van der Waals surface area (Å²) in [6.07, 6.45) is 5.08. The van der Waals surface area contributed by atoms with E-state index in [4.69, 9.17) is 0 Å². The Morgan fingerprint density at radius 2 is 1.78 bits per heavy atom. The van der Waals surface area contributed by atoms with E-state index >= 15 is 0 Å². The largest absolute Gasteiger partial charge is 0.288 e. The maximum atomic E-state index is 14.0. The van der Waals surface area contributed by atoms with E-state index in [0.29, 0.717) is 11.1 Å². The van der Waals surface area contributed by atoms with Crippen LogP contribution >= 0.6 is 0 Å². The van der Waals surface area contributed by atoms with E-state index in [9.17, 15) is 14.0 Å². The van der Waals surface area contributed by atoms with E-state index < -0.39 is 11.8 Å². The lowest BCUT2D eigenvalue weighted by molar-refractivity contribution is 0.0879. The van der Waals surface area contributed by atoms with Gasteiger partial charge in [-0.1, -0.05) is 19.3 Å². The normalized spacial score (nSPS) is 19.8. The molecule has 1 aromatic rings. The summed E-state index contributed by atoms with van der Waals surface area (Å²) >= 11 is 0. The molecule has 1 N–H and O–H groups in total. The number of fused-ring (bicyclic) bond motifs is 1. The molecule has 1 aliphatic carbocycles. The number of rotatable bonds is 1. The van der Waals surface area contributed by atoms with E-state index in [2.05, 4.69) is 5.32 Å². The van der Waals surface area contributed by atoms with Crippen LogP contribution in [0.2, 0.25) is 0 Å². The Kier molecular flexibility index (Phi) is 2.65. The van der Waals surface area contributed by atoms with Gasteiger partial charge in [-0.25, -0.2) is 4.39 Å². The van der Waals surface area contributed by atoms with Crippen LogP contribution in [0.5, 0.6) is 0 Å². The Balaban J connectivity index is 2.13. The molecule has 2 aliphatic rings. The number of hydrogen-bond donors (Lipinski definition) is 1. The van der Waals surface area contributed by atoms with Crippen LogP contribution in [0, 0.1) is 5.82 Å². The van der Waals surface area contributed by atoms with Crippen LogP contribution in [-0.2, 0) is 0 Å². The molecule has 0 saturated heterocycles. The summed E-state index contributed by atoms with van der Waals surface area (Å²) in [4.78, 5) is 23.4. The lowest BCUT2D eigenvalue weighted by atomic mass is 9.81. The van der Waals surface area contributed by atoms with Crippen molar-refractivity contribution in [3.05, 3.63) is 34.6 Å². The van der Waals surface area contributed by atoms with Crippen LogP contribution in [0.1, 0.15) is 64.3 Å². The van der Waals surface area contributed by atoms with Gasteiger partial charge in [-0.05, 0) is 30.9 Å². The van der Waals surface area contributed by atoms with Gasteiger partial charge in [-0.3, -0.25) is 14.9 Å². The number of amides is 2. The third-order valence-electron chi connectivity index (χ3n) is 3.90. The number of hydrogen-bond acceptors (Lipinski definition) is 2. The third kappa shape index (κ3) is 1.64. The van der Waals surface area contributed by atoms with Gasteiger partial charge in [0.1, 0.15) is 5.82 Å². The Bertz CT molecular complexity index is 533. The molecule has 1 saturated carbocycles. The molecular weight excluding hydrogens is 233 g/mol. The quantitative estimate of drug-likeness (QED) is 0.775. The lowest BCUT2D eigenvalue weighted by Gasteiger charge is -2.23. The molecule has 0 bridgehead atoms. The molecule has 3 nitrogen and oxygen atoms in total.